The third-order valence-electron chi connectivity index (χ3n) is 4.00. The van der Waals surface area contributed by atoms with Gasteiger partial charge in [0.25, 0.3) is 0 Å². The molecule has 2 amide bonds. The van der Waals surface area contributed by atoms with Crippen LogP contribution >= 0.6 is 0 Å². The van der Waals surface area contributed by atoms with Crippen LogP contribution in [0.5, 0.6) is 17.2 Å². The number of hydrogen-bond acceptors (Lipinski definition) is 6. The zero-order valence-corrected chi connectivity index (χ0v) is 16.7. The Bertz CT molecular complexity index is 828. The molecule has 0 bridgehead atoms. The van der Waals surface area contributed by atoms with Gasteiger partial charge in [-0.2, -0.15) is 5.10 Å². The summed E-state index contributed by atoms with van der Waals surface area (Å²) in [5, 5.41) is 6.69. The number of nitrogens with zero attached hydrogens (tertiary/aromatic N) is 1. The molecule has 2 N–H and O–H groups in total. The third kappa shape index (κ3) is 6.84. The average molecular weight is 399 g/mol. The second kappa shape index (κ2) is 11.3. The number of nitrogens with one attached hydrogen (secondary N) is 2. The molecule has 0 aliphatic heterocycles. The highest BCUT2D eigenvalue weighted by molar-refractivity contribution is 5.86. The summed E-state index contributed by atoms with van der Waals surface area (Å²) in [5.41, 5.74) is 4.05. The van der Waals surface area contributed by atoms with E-state index in [9.17, 15) is 9.59 Å². The predicted molar refractivity (Wildman–Crippen MR) is 109 cm³/mol. The van der Waals surface area contributed by atoms with Gasteiger partial charge in [-0.05, 0) is 17.7 Å². The first kappa shape index (κ1) is 21.7. The SMILES string of the molecule is COc1cc(/C=N/NC(=O)CCC(=O)NCc2ccccc2)cc(OC)c1OC. The smallest absolute Gasteiger partial charge is 0.240 e. The lowest BCUT2D eigenvalue weighted by atomic mass is 10.2. The molecule has 0 saturated carbocycles. The van der Waals surface area contributed by atoms with E-state index < -0.39 is 0 Å². The van der Waals surface area contributed by atoms with Gasteiger partial charge in [0.2, 0.25) is 17.6 Å². The van der Waals surface area contributed by atoms with Gasteiger partial charge in [0.05, 0.1) is 27.5 Å². The molecule has 0 spiro atoms. The van der Waals surface area contributed by atoms with E-state index in [0.29, 0.717) is 29.4 Å². The van der Waals surface area contributed by atoms with Gasteiger partial charge in [0.15, 0.2) is 11.5 Å². The Balaban J connectivity index is 1.81. The average Bonchev–Trinajstić information content (AvgIpc) is 2.76. The van der Waals surface area contributed by atoms with Gasteiger partial charge in [-0.15, -0.1) is 0 Å². The first-order valence-corrected chi connectivity index (χ1v) is 9.00. The quantitative estimate of drug-likeness (QED) is 0.472. The monoisotopic (exact) mass is 399 g/mol. The highest BCUT2D eigenvalue weighted by Gasteiger charge is 2.12. The molecule has 0 aliphatic carbocycles. The first-order valence-electron chi connectivity index (χ1n) is 9.00. The number of methoxy groups -OCH3 is 3. The second-order valence-corrected chi connectivity index (χ2v) is 6.01. The number of amides is 2. The number of benzene rings is 2. The summed E-state index contributed by atoms with van der Waals surface area (Å²) in [6.07, 6.45) is 1.57. The normalized spacial score (nSPS) is 10.4. The Hall–Kier alpha value is -3.55. The zero-order chi connectivity index (χ0) is 21.1. The lowest BCUT2D eigenvalue weighted by Crippen LogP contribution is -2.25. The molecule has 2 aromatic rings. The van der Waals surface area contributed by atoms with Crippen LogP contribution < -0.4 is 25.0 Å². The van der Waals surface area contributed by atoms with Gasteiger partial charge in [0, 0.05) is 24.9 Å². The highest BCUT2D eigenvalue weighted by atomic mass is 16.5. The first-order chi connectivity index (χ1) is 14.1. The van der Waals surface area contributed by atoms with Gasteiger partial charge in [-0.3, -0.25) is 9.59 Å². The van der Waals surface area contributed by atoms with Crippen LogP contribution in [0.25, 0.3) is 0 Å². The van der Waals surface area contributed by atoms with E-state index in [1.807, 2.05) is 30.3 Å². The van der Waals surface area contributed by atoms with Gasteiger partial charge in [-0.1, -0.05) is 30.3 Å². The van der Waals surface area contributed by atoms with E-state index in [1.54, 1.807) is 12.1 Å². The maximum absolute atomic E-state index is 11.9. The topological polar surface area (TPSA) is 98.2 Å². The van der Waals surface area contributed by atoms with Crippen molar-refractivity contribution < 1.29 is 23.8 Å². The third-order valence-corrected chi connectivity index (χ3v) is 4.00. The maximum atomic E-state index is 11.9. The van der Waals surface area contributed by atoms with Crippen molar-refractivity contribution >= 4 is 18.0 Å². The molecule has 8 heteroatoms. The van der Waals surface area contributed by atoms with Gasteiger partial charge >= 0.3 is 0 Å². The molecule has 8 nitrogen and oxygen atoms in total. The van der Waals surface area contributed by atoms with Gasteiger partial charge < -0.3 is 19.5 Å². The second-order valence-electron chi connectivity index (χ2n) is 6.01. The number of rotatable bonds is 10. The van der Waals surface area contributed by atoms with Crippen molar-refractivity contribution in [3.8, 4) is 17.2 Å². The fourth-order valence-corrected chi connectivity index (χ4v) is 2.52. The molecular formula is C21H25N3O5. The molecule has 0 radical (unpaired) electrons. The molecule has 154 valence electrons. The summed E-state index contributed by atoms with van der Waals surface area (Å²) in [4.78, 5) is 23.7. The summed E-state index contributed by atoms with van der Waals surface area (Å²) < 4.78 is 15.8. The molecule has 0 aliphatic rings. The summed E-state index contributed by atoms with van der Waals surface area (Å²) in [5.74, 6) is 0.878. The van der Waals surface area contributed by atoms with Crippen molar-refractivity contribution in [1.82, 2.24) is 10.7 Å². The summed E-state index contributed by atoms with van der Waals surface area (Å²) in [6.45, 7) is 0.431. The molecule has 0 aromatic heterocycles. The number of hydrogen-bond donors (Lipinski definition) is 2. The fourth-order valence-electron chi connectivity index (χ4n) is 2.52. The molecule has 2 rings (SSSR count). The molecule has 0 saturated heterocycles. The molecule has 0 heterocycles. The molecule has 29 heavy (non-hydrogen) atoms. The Morgan fingerprint density at radius 1 is 0.931 bits per heavy atom. The minimum Gasteiger partial charge on any atom is -0.493 e. The van der Waals surface area contributed by atoms with Crippen molar-refractivity contribution in [3.05, 3.63) is 53.6 Å². The van der Waals surface area contributed by atoms with Crippen LogP contribution in [0.1, 0.15) is 24.0 Å². The van der Waals surface area contributed by atoms with E-state index in [-0.39, 0.29) is 24.7 Å². The van der Waals surface area contributed by atoms with E-state index in [1.165, 1.54) is 27.5 Å². The van der Waals surface area contributed by atoms with Crippen LogP contribution in [0, 0.1) is 0 Å². The summed E-state index contributed by atoms with van der Waals surface area (Å²) >= 11 is 0. The van der Waals surface area contributed by atoms with Crippen molar-refractivity contribution in [2.24, 2.45) is 5.10 Å². The number of carbonyl (C=O) groups excluding carboxylic acids is 2. The predicted octanol–water partition coefficient (Wildman–Crippen LogP) is 2.26. The van der Waals surface area contributed by atoms with Crippen LogP contribution in [0.2, 0.25) is 0 Å². The van der Waals surface area contributed by atoms with Gasteiger partial charge in [0.1, 0.15) is 0 Å². The Morgan fingerprint density at radius 3 is 2.14 bits per heavy atom. The highest BCUT2D eigenvalue weighted by Crippen LogP contribution is 2.37. The van der Waals surface area contributed by atoms with Gasteiger partial charge in [-0.25, -0.2) is 5.43 Å². The van der Waals surface area contributed by atoms with Crippen LogP contribution in [-0.2, 0) is 16.1 Å². The largest absolute Gasteiger partial charge is 0.493 e. The van der Waals surface area contributed by atoms with E-state index in [2.05, 4.69) is 15.8 Å². The molecule has 2 aromatic carbocycles. The van der Waals surface area contributed by atoms with E-state index >= 15 is 0 Å². The number of hydrazone groups is 1. The zero-order valence-electron chi connectivity index (χ0n) is 16.7. The molecule has 0 fully saturated rings. The van der Waals surface area contributed by atoms with E-state index in [0.717, 1.165) is 5.56 Å². The molecule has 0 unspecified atom stereocenters. The lowest BCUT2D eigenvalue weighted by Gasteiger charge is -2.12. The van der Waals surface area contributed by atoms with Crippen molar-refractivity contribution in [3.63, 3.8) is 0 Å². The Morgan fingerprint density at radius 2 is 1.55 bits per heavy atom. The Labute approximate surface area is 169 Å². The number of carbonyl (C=O) groups is 2. The fraction of sp³-hybridized carbons (Fsp3) is 0.286. The van der Waals surface area contributed by atoms with Crippen LogP contribution in [0.15, 0.2) is 47.6 Å². The van der Waals surface area contributed by atoms with Crippen LogP contribution in [0.3, 0.4) is 0 Å². The summed E-state index contributed by atoms with van der Waals surface area (Å²) in [7, 11) is 4.55. The van der Waals surface area contributed by atoms with Crippen molar-refractivity contribution in [2.75, 3.05) is 21.3 Å². The lowest BCUT2D eigenvalue weighted by molar-refractivity contribution is -0.126. The maximum Gasteiger partial charge on any atom is 0.240 e. The molecular weight excluding hydrogens is 374 g/mol. The summed E-state index contributed by atoms with van der Waals surface area (Å²) in [6, 6.07) is 13.0. The van der Waals surface area contributed by atoms with Crippen molar-refractivity contribution in [1.29, 1.82) is 0 Å². The Kier molecular flexibility index (Phi) is 8.50. The van der Waals surface area contributed by atoms with Crippen molar-refractivity contribution in [2.45, 2.75) is 19.4 Å². The minimum atomic E-state index is -0.358. The minimum absolute atomic E-state index is 0.0349. The van der Waals surface area contributed by atoms with Crippen LogP contribution in [0.4, 0.5) is 0 Å². The van der Waals surface area contributed by atoms with Crippen LogP contribution in [-0.4, -0.2) is 39.4 Å². The molecule has 0 atom stereocenters. The van der Waals surface area contributed by atoms with E-state index in [4.69, 9.17) is 14.2 Å². The number of ether oxygens (including phenoxy) is 3. The standard InChI is InChI=1S/C21H25N3O5/c1-27-17-11-16(12-18(28-2)21(17)29-3)14-23-24-20(26)10-9-19(25)22-13-15-7-5-4-6-8-15/h4-8,11-12,14H,9-10,13H2,1-3H3,(H,22,25)(H,24,26)/b23-14+.